The Hall–Kier alpha value is -3.20. The summed E-state index contributed by atoms with van der Waals surface area (Å²) in [6, 6.07) is 16.9. The van der Waals surface area contributed by atoms with Gasteiger partial charge in [0.15, 0.2) is 5.71 Å². The molecule has 2 amide bonds. The third kappa shape index (κ3) is 13.6. The summed E-state index contributed by atoms with van der Waals surface area (Å²) in [6.45, 7) is 10.4. The van der Waals surface area contributed by atoms with Gasteiger partial charge in [-0.3, -0.25) is 9.59 Å². The number of rotatable bonds is 21. The molecule has 0 saturated heterocycles. The normalized spacial score (nSPS) is 16.5. The number of halogens is 7. The van der Waals surface area contributed by atoms with Crippen LogP contribution in [0.25, 0.3) is 0 Å². The predicted octanol–water partition coefficient (Wildman–Crippen LogP) is 15.7. The fraction of sp³-hybridized carbons (Fsp3) is 0.328. The van der Waals surface area contributed by atoms with Crippen molar-refractivity contribution in [1.82, 2.24) is 0 Å². The second kappa shape index (κ2) is 27.0. The number of nitrogens with zero attached hydrogens (tertiary/aromatic N) is 2. The van der Waals surface area contributed by atoms with Crippen molar-refractivity contribution in [2.75, 3.05) is 28.6 Å². The summed E-state index contributed by atoms with van der Waals surface area (Å²) in [5, 5.41) is 45.8. The number of anilines is 3. The molecule has 0 unspecified atom stereocenters. The molecule has 0 fully saturated rings. The van der Waals surface area contributed by atoms with Crippen LogP contribution in [-0.4, -0.2) is 79.5 Å². The Kier molecular flexibility index (Phi) is 21.7. The Morgan fingerprint density at radius 1 is 0.595 bits per heavy atom. The summed E-state index contributed by atoms with van der Waals surface area (Å²) >= 11 is 18.2. The third-order valence-electron chi connectivity index (χ3n) is 14.5. The first-order chi connectivity index (χ1) is 37.3. The molecule has 14 nitrogen and oxygen atoms in total. The molecule has 2 aliphatic heterocycles. The van der Waals surface area contributed by atoms with Crippen LogP contribution >= 0.6 is 147 Å². The average Bonchev–Trinajstić information content (AvgIpc) is 4.05. The number of para-hydroxylation sites is 2. The van der Waals surface area contributed by atoms with Crippen LogP contribution in [0.3, 0.4) is 0 Å². The smallest absolute Gasteiger partial charge is 0.337 e. The lowest BCUT2D eigenvalue weighted by Gasteiger charge is -2.27. The highest BCUT2D eigenvalue weighted by Gasteiger charge is 2.44. The highest BCUT2D eigenvalue weighted by molar-refractivity contribution is 14.1. The van der Waals surface area contributed by atoms with Crippen LogP contribution in [0, 0.1) is 21.4 Å². The number of amides is 2. The molecule has 0 spiro atoms. The molecule has 6 N–H and O–H groups in total. The van der Waals surface area contributed by atoms with Crippen molar-refractivity contribution >= 4 is 211 Å². The number of allylic oxidation sites excluding steroid dienone is 8. The second-order valence-corrected chi connectivity index (χ2v) is 27.2. The third-order valence-corrected chi connectivity index (χ3v) is 21.5. The molecule has 0 atom stereocenters. The van der Waals surface area contributed by atoms with Gasteiger partial charge >= 0.3 is 23.9 Å². The van der Waals surface area contributed by atoms with Gasteiger partial charge in [0.05, 0.1) is 53.3 Å². The second-order valence-electron chi connectivity index (χ2n) is 20.3. The van der Waals surface area contributed by atoms with Crippen LogP contribution in [0.4, 0.5) is 22.7 Å². The molecule has 0 bridgehead atoms. The van der Waals surface area contributed by atoms with E-state index in [2.05, 4.69) is 109 Å². The number of benzene rings is 4. The van der Waals surface area contributed by atoms with Crippen molar-refractivity contribution in [1.29, 1.82) is 0 Å². The van der Waals surface area contributed by atoms with Gasteiger partial charge in [0.25, 0.3) is 0 Å². The fourth-order valence-corrected chi connectivity index (χ4v) is 19.5. The molecule has 7 rings (SSSR count). The van der Waals surface area contributed by atoms with Gasteiger partial charge in [-0.2, -0.15) is 4.58 Å². The van der Waals surface area contributed by atoms with E-state index in [9.17, 15) is 49.2 Å². The number of carboxylic acid groups (broad SMARTS) is 4. The summed E-state index contributed by atoms with van der Waals surface area (Å²) in [5.41, 5.74) is 8.34. The van der Waals surface area contributed by atoms with E-state index in [1.54, 1.807) is 45.2 Å². The van der Waals surface area contributed by atoms with Gasteiger partial charge in [-0.05, 0) is 223 Å². The molecule has 21 heteroatoms. The Morgan fingerprint density at radius 3 is 1.59 bits per heavy atom. The summed E-state index contributed by atoms with van der Waals surface area (Å²) in [6.07, 6.45) is 16.0. The number of carbonyl (C=O) groups excluding carboxylic acids is 2. The Labute approximate surface area is 545 Å². The van der Waals surface area contributed by atoms with Gasteiger partial charge in [-0.15, -0.1) is 0 Å². The lowest BCUT2D eigenvalue weighted by molar-refractivity contribution is -0.438. The van der Waals surface area contributed by atoms with E-state index in [1.807, 2.05) is 102 Å². The first kappa shape index (κ1) is 63.4. The predicted molar refractivity (Wildman–Crippen MR) is 359 cm³/mol. The maximum atomic E-state index is 13.2. The minimum Gasteiger partial charge on any atom is -0.478 e. The number of carboxylic acids is 4. The zero-order chi connectivity index (χ0) is 57.8. The average molecular weight is 1770 g/mol. The molecular formula is C58H56ClI6N4O10+. The van der Waals surface area contributed by atoms with Gasteiger partial charge in [0, 0.05) is 72.5 Å². The van der Waals surface area contributed by atoms with E-state index < -0.39 is 23.9 Å². The van der Waals surface area contributed by atoms with Crippen LogP contribution in [-0.2, 0) is 20.4 Å². The quantitative estimate of drug-likeness (QED) is 0.0262. The lowest BCUT2D eigenvalue weighted by atomic mass is 9.81. The summed E-state index contributed by atoms with van der Waals surface area (Å²) in [5.74, 6) is -5.70. The Bertz CT molecular complexity index is 3300. The standard InChI is InChI=1S/C58H55ClI6N4O10/c1-57(2)32-18-9-11-20-34(32)68(28-13-5-7-22-38(70)66-51-47(62)40(53(72)73)45(60)41(48(51)63)54(74)75)36(57)26-24-30-16-15-17-31(44(30)59)25-27-37-58(3,4)33-19-10-12-21-35(33)69(37)29-14-6-8-23-39(71)67-52-49(64)42(55(76)77)46(61)43(50(52)65)56(78)79/h9-12,18-21,24-27H,5-8,13-17,22-23,28-29H2,1-4H3,(H5-,66,67,70,71,72,73,74,75,76,77,78,79)/p+1. The van der Waals surface area contributed by atoms with Gasteiger partial charge in [-0.1, -0.05) is 80.4 Å². The number of unbranched alkanes of at least 4 members (excludes halogenated alkanes) is 4. The zero-order valence-electron chi connectivity index (χ0n) is 43.4. The summed E-state index contributed by atoms with van der Waals surface area (Å²) in [4.78, 5) is 77.2. The van der Waals surface area contributed by atoms with Crippen LogP contribution in [0.2, 0.25) is 0 Å². The van der Waals surface area contributed by atoms with E-state index in [0.717, 1.165) is 83.9 Å². The molecular weight excluding hydrogens is 1710 g/mol. The molecule has 0 aromatic heterocycles. The monoisotopic (exact) mass is 1760 g/mol. The van der Waals surface area contributed by atoms with E-state index in [4.69, 9.17) is 11.6 Å². The van der Waals surface area contributed by atoms with E-state index in [1.165, 1.54) is 11.1 Å². The van der Waals surface area contributed by atoms with Crippen molar-refractivity contribution in [3.63, 3.8) is 0 Å². The minimum atomic E-state index is -1.27. The summed E-state index contributed by atoms with van der Waals surface area (Å²) < 4.78 is 3.71. The zero-order valence-corrected chi connectivity index (χ0v) is 57.1. The van der Waals surface area contributed by atoms with Gasteiger partial charge in [-0.25, -0.2) is 19.2 Å². The maximum absolute atomic E-state index is 13.2. The Morgan fingerprint density at radius 2 is 1.08 bits per heavy atom. The highest BCUT2D eigenvalue weighted by Crippen LogP contribution is 2.48. The van der Waals surface area contributed by atoms with Crippen molar-refractivity contribution in [3.8, 4) is 0 Å². The van der Waals surface area contributed by atoms with Crippen LogP contribution < -0.4 is 15.5 Å². The van der Waals surface area contributed by atoms with Crippen LogP contribution in [0.5, 0.6) is 0 Å². The molecule has 4 aromatic rings. The molecule has 2 heterocycles. The highest BCUT2D eigenvalue weighted by atomic mass is 127. The van der Waals surface area contributed by atoms with E-state index >= 15 is 0 Å². The van der Waals surface area contributed by atoms with Crippen molar-refractivity contribution in [3.05, 3.63) is 150 Å². The molecule has 416 valence electrons. The van der Waals surface area contributed by atoms with Crippen LogP contribution in [0.1, 0.15) is 151 Å². The molecule has 3 aliphatic rings. The van der Waals surface area contributed by atoms with Crippen molar-refractivity contribution in [2.24, 2.45) is 0 Å². The number of hydrogen-bond acceptors (Lipinski definition) is 7. The minimum absolute atomic E-state index is 0.110. The number of aromatic carboxylic acids is 4. The topological polar surface area (TPSA) is 214 Å². The van der Waals surface area contributed by atoms with Crippen molar-refractivity contribution < 1.29 is 53.8 Å². The number of nitrogens with one attached hydrogen (secondary N) is 2. The molecule has 0 radical (unpaired) electrons. The molecule has 0 saturated carbocycles. The van der Waals surface area contributed by atoms with Crippen molar-refractivity contribution in [2.45, 2.75) is 109 Å². The number of fused-ring (bicyclic) bond motifs is 2. The SMILES string of the molecule is CC1(C)C(/C=C/C2=C(Cl)C(=C/C=C3/N(CCCCCC(=O)Nc4c(I)c(C(=O)O)c(I)c(C(=O)O)c4I)c4ccccc4C3(C)C)/CCC2)=[N+](CCCCCC(=O)Nc2c(I)c(C(=O)O)c(I)c(C(=O)O)c2I)c2ccccc21. The number of carbonyl (C=O) groups is 6. The lowest BCUT2D eigenvalue weighted by Crippen LogP contribution is -2.28. The van der Waals surface area contributed by atoms with E-state index in [-0.39, 0.29) is 90.5 Å². The van der Waals surface area contributed by atoms with Crippen LogP contribution in [0.15, 0.2) is 94.7 Å². The first-order valence-corrected chi connectivity index (χ1v) is 32.2. The number of hydrogen-bond donors (Lipinski definition) is 6. The van der Waals surface area contributed by atoms with Gasteiger partial charge in [0.1, 0.15) is 6.54 Å². The van der Waals surface area contributed by atoms with E-state index in [0.29, 0.717) is 25.9 Å². The fourth-order valence-electron chi connectivity index (χ4n) is 10.5. The Balaban J connectivity index is 1.03. The van der Waals surface area contributed by atoms with Gasteiger partial charge < -0.3 is 36.0 Å². The molecule has 4 aromatic carbocycles. The van der Waals surface area contributed by atoms with Gasteiger partial charge in [0.2, 0.25) is 17.5 Å². The summed E-state index contributed by atoms with van der Waals surface area (Å²) in [7, 11) is 0. The maximum Gasteiger partial charge on any atom is 0.337 e. The molecule has 1 aliphatic carbocycles. The first-order valence-electron chi connectivity index (χ1n) is 25.4. The largest absolute Gasteiger partial charge is 0.478 e. The molecule has 79 heavy (non-hydrogen) atoms.